The zero-order chi connectivity index (χ0) is 9.54. The van der Waals surface area contributed by atoms with E-state index in [0.717, 1.165) is 0 Å². The summed E-state index contributed by atoms with van der Waals surface area (Å²) in [4.78, 5) is 10.8. The lowest BCUT2D eigenvalue weighted by atomic mass is 10.3. The van der Waals surface area contributed by atoms with Crippen LogP contribution in [0.15, 0.2) is 47.1 Å². The van der Waals surface area contributed by atoms with Crippen LogP contribution in [0, 0.1) is 0 Å². The van der Waals surface area contributed by atoms with E-state index in [1.165, 1.54) is 12.5 Å². The Bertz CT molecular complexity index is 607. The van der Waals surface area contributed by atoms with Crippen LogP contribution >= 0.6 is 0 Å². The Morgan fingerprint density at radius 2 is 2.07 bits per heavy atom. The lowest BCUT2D eigenvalue weighted by Crippen LogP contribution is -1.85. The van der Waals surface area contributed by atoms with Crippen LogP contribution in [-0.2, 0) is 0 Å². The summed E-state index contributed by atoms with van der Waals surface area (Å²) >= 11 is 0. The molecule has 0 aliphatic rings. The summed E-state index contributed by atoms with van der Waals surface area (Å²) < 4.78 is 19.7. The molecule has 0 fully saturated rings. The van der Waals surface area contributed by atoms with E-state index in [2.05, 4.69) is 4.42 Å². The summed E-state index contributed by atoms with van der Waals surface area (Å²) in [5.74, 6) is 0.0963. The van der Waals surface area contributed by atoms with Crippen molar-refractivity contribution in [2.24, 2.45) is 0 Å². The second-order valence-electron chi connectivity index (χ2n) is 2.69. The highest BCUT2D eigenvalue weighted by Crippen LogP contribution is 2.29. The number of hydrogen-bond donors (Lipinski definition) is 0. The van der Waals surface area contributed by atoms with Crippen LogP contribution in [0.3, 0.4) is 0 Å². The maximum Gasteiger partial charge on any atom is 0.519 e. The van der Waals surface area contributed by atoms with Gasteiger partial charge in [0.1, 0.15) is 6.26 Å². The maximum atomic E-state index is 10.8. The molecule has 5 nitrogen and oxygen atoms in total. The SMILES string of the molecule is O=c1oc2coc(-c3ccco3)c2o1. The molecule has 14 heavy (non-hydrogen) atoms. The van der Waals surface area contributed by atoms with E-state index in [1.807, 2.05) is 0 Å². The highest BCUT2D eigenvalue weighted by molar-refractivity contribution is 5.83. The van der Waals surface area contributed by atoms with E-state index in [0.29, 0.717) is 11.5 Å². The van der Waals surface area contributed by atoms with Crippen molar-refractivity contribution in [3.05, 3.63) is 35.3 Å². The van der Waals surface area contributed by atoms with Crippen molar-refractivity contribution < 1.29 is 17.7 Å². The Labute approximate surface area is 76.5 Å². The molecule has 0 atom stereocenters. The van der Waals surface area contributed by atoms with Gasteiger partial charge in [0.15, 0.2) is 5.76 Å². The van der Waals surface area contributed by atoms with Gasteiger partial charge in [0.25, 0.3) is 0 Å². The first kappa shape index (κ1) is 7.25. The maximum absolute atomic E-state index is 10.8. The van der Waals surface area contributed by atoms with Crippen LogP contribution in [0.4, 0.5) is 0 Å². The monoisotopic (exact) mass is 192 g/mol. The van der Waals surface area contributed by atoms with Crippen LogP contribution in [0.25, 0.3) is 22.7 Å². The van der Waals surface area contributed by atoms with Crippen LogP contribution in [0.2, 0.25) is 0 Å². The molecule has 0 amide bonds. The van der Waals surface area contributed by atoms with Gasteiger partial charge in [-0.2, -0.15) is 0 Å². The molecule has 0 radical (unpaired) electrons. The first-order valence-electron chi connectivity index (χ1n) is 3.89. The zero-order valence-corrected chi connectivity index (χ0v) is 6.85. The summed E-state index contributed by atoms with van der Waals surface area (Å²) in [5.41, 5.74) is 0.548. The van der Waals surface area contributed by atoms with Gasteiger partial charge in [-0.05, 0) is 12.1 Å². The molecule has 0 N–H and O–H groups in total. The first-order valence-corrected chi connectivity index (χ1v) is 3.89. The average molecular weight is 192 g/mol. The fourth-order valence-electron chi connectivity index (χ4n) is 1.27. The van der Waals surface area contributed by atoms with Crippen molar-refractivity contribution >= 4 is 11.2 Å². The predicted molar refractivity (Wildman–Crippen MR) is 44.7 cm³/mol. The molecule has 0 aliphatic heterocycles. The molecule has 5 heteroatoms. The van der Waals surface area contributed by atoms with Crippen LogP contribution in [-0.4, -0.2) is 0 Å². The van der Waals surface area contributed by atoms with Crippen molar-refractivity contribution in [2.75, 3.05) is 0 Å². The van der Waals surface area contributed by atoms with Crippen molar-refractivity contribution in [3.8, 4) is 11.5 Å². The minimum atomic E-state index is -0.751. The van der Waals surface area contributed by atoms with Crippen molar-refractivity contribution in [1.82, 2.24) is 0 Å². The van der Waals surface area contributed by atoms with Crippen molar-refractivity contribution in [2.45, 2.75) is 0 Å². The highest BCUT2D eigenvalue weighted by atomic mass is 16.6. The van der Waals surface area contributed by atoms with Gasteiger partial charge in [-0.25, -0.2) is 4.79 Å². The van der Waals surface area contributed by atoms with Gasteiger partial charge in [0, 0.05) is 0 Å². The third kappa shape index (κ3) is 0.861. The molecule has 3 aromatic rings. The van der Waals surface area contributed by atoms with E-state index in [1.54, 1.807) is 12.1 Å². The Kier molecular flexibility index (Phi) is 1.25. The van der Waals surface area contributed by atoms with Gasteiger partial charge >= 0.3 is 5.82 Å². The van der Waals surface area contributed by atoms with Gasteiger partial charge < -0.3 is 17.7 Å². The standard InChI is InChI=1S/C9H4O5/c10-9-13-6-4-12-7(8(6)14-9)5-2-1-3-11-5/h1-4H. The first-order chi connectivity index (χ1) is 6.84. The molecule has 3 rings (SSSR count). The van der Waals surface area contributed by atoms with E-state index in [-0.39, 0.29) is 11.2 Å². The summed E-state index contributed by atoms with van der Waals surface area (Å²) in [6, 6.07) is 3.41. The van der Waals surface area contributed by atoms with Crippen LogP contribution in [0.5, 0.6) is 0 Å². The third-order valence-electron chi connectivity index (χ3n) is 1.84. The number of fused-ring (bicyclic) bond motifs is 1. The van der Waals surface area contributed by atoms with E-state index < -0.39 is 5.82 Å². The number of rotatable bonds is 1. The summed E-state index contributed by atoms with van der Waals surface area (Å²) in [7, 11) is 0. The molecule has 3 heterocycles. The zero-order valence-electron chi connectivity index (χ0n) is 6.85. The Morgan fingerprint density at radius 3 is 2.86 bits per heavy atom. The fraction of sp³-hybridized carbons (Fsp3) is 0. The third-order valence-corrected chi connectivity index (χ3v) is 1.84. The van der Waals surface area contributed by atoms with Gasteiger partial charge in [-0.3, -0.25) is 0 Å². The lowest BCUT2D eigenvalue weighted by Gasteiger charge is -1.86. The molecule has 0 bridgehead atoms. The van der Waals surface area contributed by atoms with Crippen LogP contribution < -0.4 is 5.82 Å². The molecule has 0 aromatic carbocycles. The van der Waals surface area contributed by atoms with E-state index in [4.69, 9.17) is 13.3 Å². The second kappa shape index (κ2) is 2.41. The lowest BCUT2D eigenvalue weighted by molar-refractivity contribution is 0.397. The normalized spacial score (nSPS) is 11.1. The average Bonchev–Trinajstić information content (AvgIpc) is 2.77. The molecular formula is C9H4O5. The van der Waals surface area contributed by atoms with E-state index in [9.17, 15) is 4.79 Å². The molecule has 0 saturated heterocycles. The minimum Gasteiger partial charge on any atom is -0.461 e. The Hall–Kier alpha value is -2.17. The molecule has 0 unspecified atom stereocenters. The second-order valence-corrected chi connectivity index (χ2v) is 2.69. The minimum absolute atomic E-state index is 0.268. The highest BCUT2D eigenvalue weighted by Gasteiger charge is 2.17. The molecule has 70 valence electrons. The largest absolute Gasteiger partial charge is 0.519 e. The summed E-state index contributed by atoms with van der Waals surface area (Å²) in [6.07, 6.45) is 2.81. The number of furan rings is 2. The van der Waals surface area contributed by atoms with Crippen molar-refractivity contribution in [1.29, 1.82) is 0 Å². The predicted octanol–water partition coefficient (Wildman–Crippen LogP) is 2.24. The van der Waals surface area contributed by atoms with Crippen molar-refractivity contribution in [3.63, 3.8) is 0 Å². The van der Waals surface area contributed by atoms with Crippen LogP contribution in [0.1, 0.15) is 0 Å². The molecule has 3 aromatic heterocycles. The van der Waals surface area contributed by atoms with Gasteiger partial charge in [0.05, 0.1) is 6.26 Å². The Morgan fingerprint density at radius 1 is 1.14 bits per heavy atom. The number of hydrogen-bond acceptors (Lipinski definition) is 5. The van der Waals surface area contributed by atoms with E-state index >= 15 is 0 Å². The molecule has 0 spiro atoms. The summed E-state index contributed by atoms with van der Waals surface area (Å²) in [5, 5.41) is 0. The smallest absolute Gasteiger partial charge is 0.461 e. The topological polar surface area (TPSA) is 69.6 Å². The van der Waals surface area contributed by atoms with Gasteiger partial charge in [-0.1, -0.05) is 0 Å². The molecular weight excluding hydrogens is 188 g/mol. The summed E-state index contributed by atoms with van der Waals surface area (Å²) in [6.45, 7) is 0. The van der Waals surface area contributed by atoms with Gasteiger partial charge in [0.2, 0.25) is 16.9 Å². The quantitative estimate of drug-likeness (QED) is 0.591. The molecule has 0 aliphatic carbocycles. The van der Waals surface area contributed by atoms with Gasteiger partial charge in [-0.15, -0.1) is 0 Å². The fourth-order valence-corrected chi connectivity index (χ4v) is 1.27. The Balaban J connectivity index is 2.36. The molecule has 0 saturated carbocycles.